The second-order valence-corrected chi connectivity index (χ2v) is 16.7. The normalized spacial score (nSPS) is 12.4. The third kappa shape index (κ3) is 46.3. The number of rotatable bonds is 45. The maximum Gasteiger partial charge on any atom is 0.306 e. The molecule has 1 unspecified atom stereocenters. The number of carbonyl (C=O) groups is 3. The Morgan fingerprint density at radius 1 is 0.356 bits per heavy atom. The molecule has 0 rings (SSSR count). The second kappa shape index (κ2) is 48.0. The van der Waals surface area contributed by atoms with E-state index in [0.29, 0.717) is 19.3 Å². The summed E-state index contributed by atoms with van der Waals surface area (Å²) in [5.41, 5.74) is 0. The molecule has 0 heterocycles. The smallest absolute Gasteiger partial charge is 0.306 e. The fraction of sp³-hybridized carbons (Fsp3) is 0.792. The molecular weight excluding hydrogens is 733 g/mol. The van der Waals surface area contributed by atoms with E-state index in [4.69, 9.17) is 14.2 Å². The van der Waals surface area contributed by atoms with Gasteiger partial charge in [0.05, 0.1) is 0 Å². The second-order valence-electron chi connectivity index (χ2n) is 16.7. The van der Waals surface area contributed by atoms with Crippen LogP contribution >= 0.6 is 0 Å². The van der Waals surface area contributed by atoms with E-state index < -0.39 is 6.10 Å². The molecule has 0 amide bonds. The van der Waals surface area contributed by atoms with Crippen LogP contribution in [0, 0.1) is 0 Å². The minimum Gasteiger partial charge on any atom is -0.462 e. The highest BCUT2D eigenvalue weighted by atomic mass is 16.6. The van der Waals surface area contributed by atoms with Gasteiger partial charge in [-0.2, -0.15) is 0 Å². The summed E-state index contributed by atoms with van der Waals surface area (Å²) in [4.78, 5) is 37.8. The van der Waals surface area contributed by atoms with E-state index in [-0.39, 0.29) is 31.1 Å². The Hall–Kier alpha value is -2.63. The van der Waals surface area contributed by atoms with Gasteiger partial charge in [-0.3, -0.25) is 14.4 Å². The van der Waals surface area contributed by atoms with E-state index in [9.17, 15) is 14.4 Å². The molecule has 59 heavy (non-hydrogen) atoms. The van der Waals surface area contributed by atoms with E-state index in [1.807, 2.05) is 0 Å². The summed E-state index contributed by atoms with van der Waals surface area (Å²) in [5.74, 6) is -0.930. The van der Waals surface area contributed by atoms with Crippen LogP contribution in [0.3, 0.4) is 0 Å². The summed E-state index contributed by atoms with van der Waals surface area (Å²) in [6.07, 6.45) is 56.8. The summed E-state index contributed by atoms with van der Waals surface area (Å²) in [6.45, 7) is 6.47. The molecule has 1 atom stereocenters. The molecule has 0 aromatic carbocycles. The highest BCUT2D eigenvalue weighted by Gasteiger charge is 2.19. The molecule has 0 fully saturated rings. The topological polar surface area (TPSA) is 78.9 Å². The van der Waals surface area contributed by atoms with Crippen LogP contribution < -0.4 is 0 Å². The molecule has 0 aliphatic carbocycles. The van der Waals surface area contributed by atoms with Crippen molar-refractivity contribution in [2.45, 2.75) is 258 Å². The van der Waals surface area contributed by atoms with Gasteiger partial charge in [-0.1, -0.05) is 185 Å². The molecule has 0 saturated carbocycles. The first-order valence-corrected chi connectivity index (χ1v) is 25.1. The number of allylic oxidation sites excluding steroid dienone is 8. The molecule has 0 saturated heterocycles. The molecule has 0 aliphatic heterocycles. The molecule has 0 N–H and O–H groups in total. The van der Waals surface area contributed by atoms with Gasteiger partial charge in [-0.25, -0.2) is 0 Å². The molecule has 0 aliphatic rings. The Balaban J connectivity index is 4.34. The zero-order valence-electron chi connectivity index (χ0n) is 39.0. The van der Waals surface area contributed by atoms with E-state index in [2.05, 4.69) is 69.4 Å². The Labute approximate surface area is 365 Å². The Kier molecular flexibility index (Phi) is 45.9. The SMILES string of the molecule is CC/C=C\C/C=C\CCCCC(=O)OCC(COC(=O)CCCCCCCCC/C=C\CCCCCCCC)OC(=O)CCCCCCCCC/C=C\CCCCCC. The lowest BCUT2D eigenvalue weighted by atomic mass is 10.1. The number of carbonyl (C=O) groups excluding carboxylic acids is 3. The van der Waals surface area contributed by atoms with Gasteiger partial charge >= 0.3 is 17.9 Å². The van der Waals surface area contributed by atoms with Gasteiger partial charge in [0.15, 0.2) is 6.10 Å². The van der Waals surface area contributed by atoms with Gasteiger partial charge in [0, 0.05) is 19.3 Å². The number of unbranched alkanes of at least 4 members (excludes halogenated alkanes) is 26. The fourth-order valence-electron chi connectivity index (χ4n) is 7.00. The quantitative estimate of drug-likeness (QED) is 0.0263. The van der Waals surface area contributed by atoms with Crippen LogP contribution in [0.25, 0.3) is 0 Å². The lowest BCUT2D eigenvalue weighted by Gasteiger charge is -2.18. The van der Waals surface area contributed by atoms with Crippen LogP contribution in [-0.4, -0.2) is 37.2 Å². The minimum atomic E-state index is -0.787. The van der Waals surface area contributed by atoms with Crippen molar-refractivity contribution >= 4 is 17.9 Å². The summed E-state index contributed by atoms with van der Waals surface area (Å²) >= 11 is 0. The Bertz CT molecular complexity index is 1040. The van der Waals surface area contributed by atoms with Crippen molar-refractivity contribution in [2.75, 3.05) is 13.2 Å². The van der Waals surface area contributed by atoms with Crippen molar-refractivity contribution in [1.82, 2.24) is 0 Å². The molecule has 0 aromatic rings. The first-order valence-electron chi connectivity index (χ1n) is 25.1. The van der Waals surface area contributed by atoms with E-state index >= 15 is 0 Å². The lowest BCUT2D eigenvalue weighted by molar-refractivity contribution is -0.167. The van der Waals surface area contributed by atoms with Crippen LogP contribution in [0.5, 0.6) is 0 Å². The summed E-state index contributed by atoms with van der Waals surface area (Å²) in [7, 11) is 0. The highest BCUT2D eigenvalue weighted by molar-refractivity contribution is 5.71. The van der Waals surface area contributed by atoms with Crippen LogP contribution in [0.1, 0.15) is 252 Å². The number of esters is 3. The zero-order valence-corrected chi connectivity index (χ0v) is 39.0. The third-order valence-electron chi connectivity index (χ3n) is 10.8. The van der Waals surface area contributed by atoms with Crippen LogP contribution in [0.15, 0.2) is 48.6 Å². The van der Waals surface area contributed by atoms with Crippen molar-refractivity contribution in [3.8, 4) is 0 Å². The third-order valence-corrected chi connectivity index (χ3v) is 10.8. The Morgan fingerprint density at radius 3 is 1.08 bits per heavy atom. The van der Waals surface area contributed by atoms with Crippen LogP contribution in [-0.2, 0) is 28.6 Å². The molecule has 0 bridgehead atoms. The first kappa shape index (κ1) is 56.4. The molecule has 6 nitrogen and oxygen atoms in total. The Morgan fingerprint density at radius 2 is 0.661 bits per heavy atom. The monoisotopic (exact) mass is 827 g/mol. The van der Waals surface area contributed by atoms with E-state index in [1.54, 1.807) is 0 Å². The standard InChI is InChI=1S/C53H94O6/c1-4-7-10-13-16-19-21-23-25-26-28-29-31-34-37-40-43-46-52(55)58-49-50(48-57-51(54)45-42-39-36-33-18-15-12-9-6-3)59-53(56)47-44-41-38-35-32-30-27-24-22-20-17-14-11-8-5-2/h9,12,18,20,22-23,25,33,50H,4-8,10-11,13-17,19,21,24,26-32,34-49H2,1-3H3/b12-9-,22-20-,25-23-,33-18-. The van der Waals surface area contributed by atoms with Crippen molar-refractivity contribution < 1.29 is 28.6 Å². The lowest BCUT2D eigenvalue weighted by Crippen LogP contribution is -2.30. The molecule has 6 heteroatoms. The predicted molar refractivity (Wildman–Crippen MR) is 252 cm³/mol. The molecule has 0 spiro atoms. The van der Waals surface area contributed by atoms with Crippen LogP contribution in [0.2, 0.25) is 0 Å². The maximum atomic E-state index is 12.8. The fourth-order valence-corrected chi connectivity index (χ4v) is 7.00. The van der Waals surface area contributed by atoms with E-state index in [0.717, 1.165) is 70.6 Å². The highest BCUT2D eigenvalue weighted by Crippen LogP contribution is 2.14. The van der Waals surface area contributed by atoms with Gasteiger partial charge < -0.3 is 14.2 Å². The maximum absolute atomic E-state index is 12.8. The number of hydrogen-bond acceptors (Lipinski definition) is 6. The average Bonchev–Trinajstić information content (AvgIpc) is 3.23. The van der Waals surface area contributed by atoms with Crippen molar-refractivity contribution in [3.05, 3.63) is 48.6 Å². The first-order chi connectivity index (χ1) is 29.0. The van der Waals surface area contributed by atoms with Crippen molar-refractivity contribution in [3.63, 3.8) is 0 Å². The largest absolute Gasteiger partial charge is 0.462 e. The molecular formula is C53H94O6. The average molecular weight is 827 g/mol. The van der Waals surface area contributed by atoms with Crippen molar-refractivity contribution in [1.29, 1.82) is 0 Å². The van der Waals surface area contributed by atoms with Gasteiger partial charge in [0.1, 0.15) is 13.2 Å². The zero-order chi connectivity index (χ0) is 43.0. The summed E-state index contributed by atoms with van der Waals surface area (Å²) in [6, 6.07) is 0. The minimum absolute atomic E-state index is 0.0867. The number of hydrogen-bond donors (Lipinski definition) is 0. The molecule has 0 radical (unpaired) electrons. The van der Waals surface area contributed by atoms with Gasteiger partial charge in [0.25, 0.3) is 0 Å². The van der Waals surface area contributed by atoms with Gasteiger partial charge in [0.2, 0.25) is 0 Å². The predicted octanol–water partition coefficient (Wildman–Crippen LogP) is 16.3. The molecule has 0 aromatic heterocycles. The van der Waals surface area contributed by atoms with Crippen LogP contribution in [0.4, 0.5) is 0 Å². The number of ether oxygens (including phenoxy) is 3. The summed E-state index contributed by atoms with van der Waals surface area (Å²) < 4.78 is 16.7. The van der Waals surface area contributed by atoms with Gasteiger partial charge in [-0.05, 0) is 96.3 Å². The van der Waals surface area contributed by atoms with Crippen molar-refractivity contribution in [2.24, 2.45) is 0 Å². The summed E-state index contributed by atoms with van der Waals surface area (Å²) in [5, 5.41) is 0. The van der Waals surface area contributed by atoms with Gasteiger partial charge in [-0.15, -0.1) is 0 Å². The van der Waals surface area contributed by atoms with E-state index in [1.165, 1.54) is 141 Å². The molecule has 342 valence electrons.